The highest BCUT2D eigenvalue weighted by Gasteiger charge is 2.25. The van der Waals surface area contributed by atoms with E-state index >= 15 is 0 Å². The first-order valence-electron chi connectivity index (χ1n) is 9.49. The number of hydrogen-bond donors (Lipinski definition) is 1. The fraction of sp³-hybridized carbons (Fsp3) is 0.364. The Hall–Kier alpha value is -2.82. The van der Waals surface area contributed by atoms with Gasteiger partial charge in [-0.15, -0.1) is 0 Å². The van der Waals surface area contributed by atoms with E-state index < -0.39 is 5.97 Å². The topological polar surface area (TPSA) is 60.9 Å². The van der Waals surface area contributed by atoms with Crippen LogP contribution in [0.1, 0.15) is 54.0 Å². The zero-order chi connectivity index (χ0) is 20.0. The number of hydrogen-bond acceptors (Lipinski definition) is 4. The van der Waals surface area contributed by atoms with Crippen LogP contribution in [0.15, 0.2) is 42.5 Å². The Balaban J connectivity index is 2.79. The van der Waals surface area contributed by atoms with Gasteiger partial charge in [-0.3, -0.25) is 4.79 Å². The first kappa shape index (κ1) is 20.5. The molecule has 0 heterocycles. The van der Waals surface area contributed by atoms with E-state index in [0.717, 1.165) is 18.8 Å². The summed E-state index contributed by atoms with van der Waals surface area (Å²) in [6.07, 6.45) is 0. The number of carboxylic acid groups (broad SMARTS) is 1. The molecule has 1 N–H and O–H groups in total. The molecule has 0 spiro atoms. The van der Waals surface area contributed by atoms with Crippen LogP contribution in [0.2, 0.25) is 0 Å². The molecule has 0 fully saturated rings. The van der Waals surface area contributed by atoms with Crippen LogP contribution >= 0.6 is 0 Å². The minimum atomic E-state index is -1.02. The maximum Gasteiger partial charge on any atom is 0.337 e. The fourth-order valence-electron chi connectivity index (χ4n) is 3.35. The third-order valence-corrected chi connectivity index (χ3v) is 4.81. The van der Waals surface area contributed by atoms with E-state index in [1.807, 2.05) is 56.9 Å². The average molecular weight is 368 g/mol. The number of aromatic carboxylic acids is 1. The number of benzene rings is 2. The van der Waals surface area contributed by atoms with Crippen molar-refractivity contribution in [3.05, 3.63) is 59.2 Å². The van der Waals surface area contributed by atoms with Gasteiger partial charge in [0.2, 0.25) is 0 Å². The fourth-order valence-corrected chi connectivity index (χ4v) is 3.35. The maximum atomic E-state index is 13.3. The van der Waals surface area contributed by atoms with Crippen molar-refractivity contribution in [2.45, 2.75) is 27.7 Å². The first-order valence-corrected chi connectivity index (χ1v) is 9.49. The number of rotatable bonds is 9. The lowest BCUT2D eigenvalue weighted by molar-refractivity contribution is 0.0697. The monoisotopic (exact) mass is 368 g/mol. The molecular formula is C22H28N2O3. The highest BCUT2D eigenvalue weighted by Crippen LogP contribution is 2.33. The summed E-state index contributed by atoms with van der Waals surface area (Å²) in [4.78, 5) is 29.3. The predicted octanol–water partition coefficient (Wildman–Crippen LogP) is 4.31. The highest BCUT2D eigenvalue weighted by atomic mass is 16.4. The Morgan fingerprint density at radius 1 is 0.815 bits per heavy atom. The number of anilines is 2. The number of carboxylic acids is 1. The molecule has 2 aromatic carbocycles. The summed E-state index contributed by atoms with van der Waals surface area (Å²) < 4.78 is 0. The summed E-state index contributed by atoms with van der Waals surface area (Å²) in [6, 6.07) is 12.5. The van der Waals surface area contributed by atoms with Crippen LogP contribution in [-0.4, -0.2) is 43.0 Å². The predicted molar refractivity (Wildman–Crippen MR) is 110 cm³/mol. The summed E-state index contributed by atoms with van der Waals surface area (Å²) in [5.74, 6) is -1.18. The molecule has 0 aliphatic heterocycles. The zero-order valence-electron chi connectivity index (χ0n) is 16.5. The second-order valence-electron chi connectivity index (χ2n) is 6.23. The zero-order valence-corrected chi connectivity index (χ0v) is 16.5. The molecule has 0 saturated carbocycles. The third kappa shape index (κ3) is 4.30. The van der Waals surface area contributed by atoms with E-state index in [1.165, 1.54) is 0 Å². The Kier molecular flexibility index (Phi) is 6.99. The van der Waals surface area contributed by atoms with E-state index in [9.17, 15) is 14.7 Å². The normalized spacial score (nSPS) is 10.5. The molecule has 5 nitrogen and oxygen atoms in total. The van der Waals surface area contributed by atoms with Crippen LogP contribution in [0.25, 0.3) is 0 Å². The molecule has 0 amide bonds. The van der Waals surface area contributed by atoms with E-state index in [0.29, 0.717) is 29.9 Å². The van der Waals surface area contributed by atoms with E-state index in [-0.39, 0.29) is 11.3 Å². The molecule has 0 aliphatic carbocycles. The molecule has 0 unspecified atom stereocenters. The molecule has 27 heavy (non-hydrogen) atoms. The van der Waals surface area contributed by atoms with Crippen LogP contribution in [0.5, 0.6) is 0 Å². The lowest BCUT2D eigenvalue weighted by Crippen LogP contribution is -2.28. The SMILES string of the molecule is CCN(CC)c1cc(C(=O)O)c(N(CC)CC)c(C(=O)c2ccccc2)c1. The van der Waals surface area contributed by atoms with Gasteiger partial charge in [0.15, 0.2) is 5.78 Å². The molecule has 0 saturated heterocycles. The van der Waals surface area contributed by atoms with E-state index in [2.05, 4.69) is 4.90 Å². The Morgan fingerprint density at radius 3 is 1.81 bits per heavy atom. The van der Waals surface area contributed by atoms with Crippen LogP contribution in [0, 0.1) is 0 Å². The van der Waals surface area contributed by atoms with Crippen molar-refractivity contribution in [1.29, 1.82) is 0 Å². The molecule has 0 aliphatic rings. The maximum absolute atomic E-state index is 13.3. The minimum absolute atomic E-state index is 0.158. The van der Waals surface area contributed by atoms with Gasteiger partial charge in [-0.25, -0.2) is 4.79 Å². The summed E-state index contributed by atoms with van der Waals surface area (Å²) in [5.41, 5.74) is 2.41. The second kappa shape index (κ2) is 9.21. The number of nitrogens with zero attached hydrogens (tertiary/aromatic N) is 2. The number of ketones is 1. The van der Waals surface area contributed by atoms with Crippen molar-refractivity contribution in [2.75, 3.05) is 36.0 Å². The molecule has 5 heteroatoms. The van der Waals surface area contributed by atoms with Crippen molar-refractivity contribution in [1.82, 2.24) is 0 Å². The van der Waals surface area contributed by atoms with Crippen molar-refractivity contribution >= 4 is 23.1 Å². The summed E-state index contributed by atoms with van der Waals surface area (Å²) in [5, 5.41) is 9.88. The molecule has 2 aromatic rings. The van der Waals surface area contributed by atoms with Crippen LogP contribution in [0.3, 0.4) is 0 Å². The molecule has 144 valence electrons. The standard InChI is InChI=1S/C22H28N2O3/c1-5-23(6-2)17-14-18(21(25)16-12-10-9-11-13-16)20(24(7-3)8-4)19(15-17)22(26)27/h9-15H,5-8H2,1-4H3,(H,26,27). The minimum Gasteiger partial charge on any atom is -0.478 e. The largest absolute Gasteiger partial charge is 0.478 e. The van der Waals surface area contributed by atoms with Crippen molar-refractivity contribution in [3.8, 4) is 0 Å². The van der Waals surface area contributed by atoms with Gasteiger partial charge < -0.3 is 14.9 Å². The van der Waals surface area contributed by atoms with Gasteiger partial charge in [0, 0.05) is 43.0 Å². The van der Waals surface area contributed by atoms with Crippen LogP contribution in [-0.2, 0) is 0 Å². The van der Waals surface area contributed by atoms with Crippen LogP contribution in [0.4, 0.5) is 11.4 Å². The molecule has 0 radical (unpaired) electrons. The summed E-state index contributed by atoms with van der Waals surface area (Å²) >= 11 is 0. The van der Waals surface area contributed by atoms with Crippen molar-refractivity contribution in [3.63, 3.8) is 0 Å². The molecule has 0 bridgehead atoms. The lowest BCUT2D eigenvalue weighted by atomic mass is 9.96. The van der Waals surface area contributed by atoms with E-state index in [1.54, 1.807) is 18.2 Å². The third-order valence-electron chi connectivity index (χ3n) is 4.81. The van der Waals surface area contributed by atoms with Gasteiger partial charge in [-0.05, 0) is 39.8 Å². The first-order chi connectivity index (χ1) is 13.0. The Bertz CT molecular complexity index is 795. The molecular weight excluding hydrogens is 340 g/mol. The van der Waals surface area contributed by atoms with Gasteiger partial charge in [0.25, 0.3) is 0 Å². The van der Waals surface area contributed by atoms with Crippen LogP contribution < -0.4 is 9.80 Å². The number of carbonyl (C=O) groups is 2. The average Bonchev–Trinajstić information content (AvgIpc) is 2.70. The smallest absolute Gasteiger partial charge is 0.337 e. The Labute approximate surface area is 161 Å². The van der Waals surface area contributed by atoms with Gasteiger partial charge in [-0.2, -0.15) is 0 Å². The van der Waals surface area contributed by atoms with Gasteiger partial charge in [0.05, 0.1) is 11.3 Å². The van der Waals surface area contributed by atoms with Gasteiger partial charge in [0.1, 0.15) is 0 Å². The van der Waals surface area contributed by atoms with Gasteiger partial charge >= 0.3 is 5.97 Å². The quantitative estimate of drug-likeness (QED) is 0.669. The number of carbonyl (C=O) groups excluding carboxylic acids is 1. The Morgan fingerprint density at radius 2 is 1.33 bits per heavy atom. The van der Waals surface area contributed by atoms with Crippen molar-refractivity contribution in [2.24, 2.45) is 0 Å². The van der Waals surface area contributed by atoms with E-state index in [4.69, 9.17) is 0 Å². The summed E-state index contributed by atoms with van der Waals surface area (Å²) in [7, 11) is 0. The second-order valence-corrected chi connectivity index (χ2v) is 6.23. The lowest BCUT2D eigenvalue weighted by Gasteiger charge is -2.29. The summed E-state index contributed by atoms with van der Waals surface area (Å²) in [6.45, 7) is 10.7. The molecule has 0 aromatic heterocycles. The molecule has 2 rings (SSSR count). The highest BCUT2D eigenvalue weighted by molar-refractivity contribution is 6.15. The van der Waals surface area contributed by atoms with Crippen molar-refractivity contribution < 1.29 is 14.7 Å². The van der Waals surface area contributed by atoms with Gasteiger partial charge in [-0.1, -0.05) is 30.3 Å². The molecule has 0 atom stereocenters.